The van der Waals surface area contributed by atoms with Crippen LogP contribution in [0, 0.1) is 0 Å². The molecule has 244 valence electrons. The zero-order valence-electron chi connectivity index (χ0n) is 28.4. The van der Waals surface area contributed by atoms with Crippen molar-refractivity contribution in [3.05, 3.63) is 175 Å². The third kappa shape index (κ3) is 4.44. The van der Waals surface area contributed by atoms with Crippen molar-refractivity contribution in [3.8, 4) is 44.5 Å². The molecule has 0 fully saturated rings. The van der Waals surface area contributed by atoms with E-state index in [1.165, 1.54) is 65.9 Å². The number of aryl methyl sites for hydroxylation is 1. The Hall–Kier alpha value is -6.64. The molecule has 0 saturated carbocycles. The molecule has 11 rings (SSSR count). The van der Waals surface area contributed by atoms with E-state index in [2.05, 4.69) is 158 Å². The van der Waals surface area contributed by atoms with Crippen molar-refractivity contribution in [2.24, 2.45) is 0 Å². The van der Waals surface area contributed by atoms with E-state index in [1.54, 1.807) is 0 Å². The molecule has 10 aromatic rings. The van der Waals surface area contributed by atoms with Gasteiger partial charge in [-0.2, -0.15) is 0 Å². The quantitative estimate of drug-likeness (QED) is 0.175. The van der Waals surface area contributed by atoms with Gasteiger partial charge in [0.15, 0.2) is 0 Å². The van der Waals surface area contributed by atoms with Crippen LogP contribution >= 0.6 is 0 Å². The zero-order valence-corrected chi connectivity index (χ0v) is 28.4. The van der Waals surface area contributed by atoms with Crippen molar-refractivity contribution in [3.63, 3.8) is 0 Å². The molecule has 0 saturated heterocycles. The van der Waals surface area contributed by atoms with Gasteiger partial charge in [0.05, 0.1) is 0 Å². The lowest BCUT2D eigenvalue weighted by atomic mass is 9.85. The van der Waals surface area contributed by atoms with Crippen LogP contribution in [0.1, 0.15) is 17.7 Å². The van der Waals surface area contributed by atoms with Gasteiger partial charge >= 0.3 is 0 Å². The van der Waals surface area contributed by atoms with Crippen LogP contribution in [0.2, 0.25) is 0 Å². The highest BCUT2D eigenvalue weighted by Gasteiger charge is 2.19. The number of hydrogen-bond donors (Lipinski definition) is 0. The molecule has 8 aromatic carbocycles. The summed E-state index contributed by atoms with van der Waals surface area (Å²) in [6.45, 7) is 0. The van der Waals surface area contributed by atoms with Crippen molar-refractivity contribution in [2.45, 2.75) is 12.8 Å². The van der Waals surface area contributed by atoms with E-state index >= 15 is 0 Å². The minimum atomic E-state index is 0.917. The highest BCUT2D eigenvalue weighted by Crippen LogP contribution is 2.45. The molecule has 0 aliphatic heterocycles. The second kappa shape index (κ2) is 11.4. The first-order valence-electron chi connectivity index (χ1n) is 18.1. The number of para-hydroxylation sites is 2. The molecule has 2 heterocycles. The Morgan fingerprint density at radius 1 is 0.385 bits per heavy atom. The maximum atomic E-state index is 6.43. The molecule has 1 aliphatic carbocycles. The lowest BCUT2D eigenvalue weighted by Crippen LogP contribution is -1.91. The van der Waals surface area contributed by atoms with Gasteiger partial charge in [-0.15, -0.1) is 0 Å². The maximum absolute atomic E-state index is 6.43. The molecular weight excluding hydrogens is 633 g/mol. The molecule has 2 aromatic heterocycles. The van der Waals surface area contributed by atoms with Crippen molar-refractivity contribution in [2.75, 3.05) is 0 Å². The number of benzene rings is 8. The molecule has 0 N–H and O–H groups in total. The summed E-state index contributed by atoms with van der Waals surface area (Å²) in [5.41, 5.74) is 13.7. The molecule has 0 bridgehead atoms. The van der Waals surface area contributed by atoms with E-state index < -0.39 is 0 Å². The van der Waals surface area contributed by atoms with E-state index in [0.717, 1.165) is 57.3 Å². The molecule has 2 nitrogen and oxygen atoms in total. The van der Waals surface area contributed by atoms with E-state index in [4.69, 9.17) is 8.83 Å². The van der Waals surface area contributed by atoms with E-state index in [1.807, 2.05) is 12.1 Å². The van der Waals surface area contributed by atoms with E-state index in [9.17, 15) is 0 Å². The van der Waals surface area contributed by atoms with Gasteiger partial charge in [-0.1, -0.05) is 146 Å². The number of fused-ring (bicyclic) bond motifs is 8. The molecular formula is C50H32O2. The fourth-order valence-corrected chi connectivity index (χ4v) is 8.53. The fraction of sp³-hybridized carbons (Fsp3) is 0.0400. The van der Waals surface area contributed by atoms with Crippen molar-refractivity contribution in [1.82, 2.24) is 0 Å². The van der Waals surface area contributed by atoms with Crippen LogP contribution in [-0.4, -0.2) is 0 Å². The Labute approximate surface area is 300 Å². The first kappa shape index (κ1) is 29.1. The van der Waals surface area contributed by atoms with Crippen molar-refractivity contribution < 1.29 is 8.83 Å². The summed E-state index contributed by atoms with van der Waals surface area (Å²) in [5, 5.41) is 8.52. The van der Waals surface area contributed by atoms with Crippen LogP contribution in [0.5, 0.6) is 0 Å². The van der Waals surface area contributed by atoms with Crippen LogP contribution in [-0.2, 0) is 6.42 Å². The predicted octanol–water partition coefficient (Wildman–Crippen LogP) is 14.3. The minimum absolute atomic E-state index is 0.917. The third-order valence-electron chi connectivity index (χ3n) is 11.0. The summed E-state index contributed by atoms with van der Waals surface area (Å²) >= 11 is 0. The van der Waals surface area contributed by atoms with Crippen LogP contribution in [0.15, 0.2) is 173 Å². The van der Waals surface area contributed by atoms with Crippen molar-refractivity contribution in [1.29, 1.82) is 0 Å². The SMILES string of the molecule is C1=Cc2oc3c(-c4ccc(-c5c6ccccc6c(-c6ccc(-c7ccc8oc9ccccc9c8c7)cc6)c6ccccc56)cc4)cccc3c2CC1. The number of rotatable bonds is 4. The third-order valence-corrected chi connectivity index (χ3v) is 11.0. The van der Waals surface area contributed by atoms with Gasteiger partial charge in [0.2, 0.25) is 0 Å². The molecule has 0 unspecified atom stereocenters. The van der Waals surface area contributed by atoms with Crippen LogP contribution < -0.4 is 0 Å². The maximum Gasteiger partial charge on any atom is 0.142 e. The molecule has 52 heavy (non-hydrogen) atoms. The first-order chi connectivity index (χ1) is 25.8. The summed E-state index contributed by atoms with van der Waals surface area (Å²) in [4.78, 5) is 0. The molecule has 0 atom stereocenters. The Balaban J connectivity index is 1.02. The second-order valence-corrected chi connectivity index (χ2v) is 13.9. The van der Waals surface area contributed by atoms with E-state index in [-0.39, 0.29) is 0 Å². The highest BCUT2D eigenvalue weighted by atomic mass is 16.3. The molecule has 2 heteroatoms. The molecule has 0 amide bonds. The van der Waals surface area contributed by atoms with Gasteiger partial charge in [-0.05, 0) is 97.6 Å². The monoisotopic (exact) mass is 664 g/mol. The summed E-state index contributed by atoms with van der Waals surface area (Å²) in [7, 11) is 0. The number of allylic oxidation sites excluding steroid dienone is 1. The van der Waals surface area contributed by atoms with Gasteiger partial charge in [-0.25, -0.2) is 0 Å². The lowest BCUT2D eigenvalue weighted by molar-refractivity contribution is 0.596. The molecule has 0 radical (unpaired) electrons. The first-order valence-corrected chi connectivity index (χ1v) is 18.1. The Kier molecular flexibility index (Phi) is 6.41. The number of hydrogen-bond acceptors (Lipinski definition) is 2. The average molecular weight is 665 g/mol. The normalized spacial score (nSPS) is 12.8. The van der Waals surface area contributed by atoms with Gasteiger partial charge in [-0.3, -0.25) is 0 Å². The summed E-state index contributed by atoms with van der Waals surface area (Å²) in [6, 6.07) is 57.1. The number of furan rings is 2. The molecule has 0 spiro atoms. The van der Waals surface area contributed by atoms with Crippen LogP contribution in [0.25, 0.3) is 105 Å². The van der Waals surface area contributed by atoms with Crippen molar-refractivity contribution >= 4 is 60.5 Å². The van der Waals surface area contributed by atoms with E-state index in [0.29, 0.717) is 0 Å². The van der Waals surface area contributed by atoms with Gasteiger partial charge in [0.1, 0.15) is 22.5 Å². The van der Waals surface area contributed by atoms with Gasteiger partial charge < -0.3 is 8.83 Å². The smallest absolute Gasteiger partial charge is 0.142 e. The summed E-state index contributed by atoms with van der Waals surface area (Å²) in [6.07, 6.45) is 6.43. The average Bonchev–Trinajstić information content (AvgIpc) is 3.78. The van der Waals surface area contributed by atoms with Crippen LogP contribution in [0.3, 0.4) is 0 Å². The second-order valence-electron chi connectivity index (χ2n) is 13.9. The Morgan fingerprint density at radius 3 is 1.60 bits per heavy atom. The Bertz CT molecular complexity index is 2990. The summed E-state index contributed by atoms with van der Waals surface area (Å²) < 4.78 is 12.5. The highest BCUT2D eigenvalue weighted by molar-refractivity contribution is 6.21. The largest absolute Gasteiger partial charge is 0.456 e. The summed E-state index contributed by atoms with van der Waals surface area (Å²) in [5.74, 6) is 1.00. The molecule has 1 aliphatic rings. The van der Waals surface area contributed by atoms with Gasteiger partial charge in [0.25, 0.3) is 0 Å². The zero-order chi connectivity index (χ0) is 34.2. The topological polar surface area (TPSA) is 26.3 Å². The fourth-order valence-electron chi connectivity index (χ4n) is 8.53. The minimum Gasteiger partial charge on any atom is -0.456 e. The Morgan fingerprint density at radius 2 is 0.923 bits per heavy atom. The predicted molar refractivity (Wildman–Crippen MR) is 218 cm³/mol. The van der Waals surface area contributed by atoms with Crippen LogP contribution in [0.4, 0.5) is 0 Å². The standard InChI is InChI=1S/C50H32O2/c1-3-14-41-39(12-1)48(33-24-20-31(21-25-33)35-28-29-47-44(30-35)38-11-6-7-18-45(38)51-47)40-13-2-4-15-42(40)49(41)34-26-22-32(23-27-34)36-16-9-17-43-37-10-5-8-19-46(37)52-50(36)43/h1-4,6-9,11-30H,5,10H2. The van der Waals surface area contributed by atoms with Gasteiger partial charge in [0, 0.05) is 27.3 Å². The lowest BCUT2D eigenvalue weighted by Gasteiger charge is -2.18.